The first-order valence-corrected chi connectivity index (χ1v) is 8.27. The summed E-state index contributed by atoms with van der Waals surface area (Å²) in [5.41, 5.74) is 6.31. The number of rotatable bonds is 2. The summed E-state index contributed by atoms with van der Waals surface area (Å²) >= 11 is 0. The predicted molar refractivity (Wildman–Crippen MR) is 93.9 cm³/mol. The molecule has 1 aliphatic heterocycles. The molecule has 0 radical (unpaired) electrons. The molecule has 1 amide bonds. The number of hydrogen-bond acceptors (Lipinski definition) is 3. The highest BCUT2D eigenvalue weighted by Gasteiger charge is 2.50. The summed E-state index contributed by atoms with van der Waals surface area (Å²) in [6.07, 6.45) is 9.32. The number of hydrogen-bond donors (Lipinski definition) is 2. The number of nitrogens with zero attached hydrogens (tertiary/aromatic N) is 2. The fourth-order valence-electron chi connectivity index (χ4n) is 4.79. The van der Waals surface area contributed by atoms with Crippen molar-refractivity contribution in [3.63, 3.8) is 0 Å². The molecule has 23 heavy (non-hydrogen) atoms. The number of fused-ring (bicyclic) bond motifs is 2. The van der Waals surface area contributed by atoms with E-state index >= 15 is 0 Å². The Morgan fingerprint density at radius 2 is 1.87 bits per heavy atom. The molecule has 4 atom stereocenters. The van der Waals surface area contributed by atoms with Gasteiger partial charge in [0.05, 0.1) is 5.92 Å². The zero-order valence-electron chi connectivity index (χ0n) is 13.2. The lowest BCUT2D eigenvalue weighted by atomic mass is 9.83. The van der Waals surface area contributed by atoms with Gasteiger partial charge >= 0.3 is 0 Å². The van der Waals surface area contributed by atoms with Crippen LogP contribution in [-0.2, 0) is 4.79 Å². The largest absolute Gasteiger partial charge is 0.348 e. The number of aromatic nitrogens is 2. The second-order valence-corrected chi connectivity index (χ2v) is 7.01. The van der Waals surface area contributed by atoms with E-state index in [-0.39, 0.29) is 36.8 Å². The molecular weight excluding hydrogens is 335 g/mol. The van der Waals surface area contributed by atoms with Gasteiger partial charge in [-0.25, -0.2) is 4.98 Å². The van der Waals surface area contributed by atoms with Crippen LogP contribution in [0.5, 0.6) is 0 Å². The number of carbonyl (C=O) groups is 1. The summed E-state index contributed by atoms with van der Waals surface area (Å²) in [5.74, 6) is 3.12. The number of piperidine rings is 1. The Morgan fingerprint density at radius 1 is 1.17 bits per heavy atom. The first-order valence-electron chi connectivity index (χ1n) is 8.27. The van der Waals surface area contributed by atoms with Crippen LogP contribution >= 0.6 is 24.8 Å². The maximum Gasteiger partial charge on any atom is 0.227 e. The number of nitrogens with two attached hydrogens (primary N) is 1. The molecular formula is C16H26Cl2N4O. The second-order valence-electron chi connectivity index (χ2n) is 7.01. The van der Waals surface area contributed by atoms with Crippen LogP contribution in [0.3, 0.4) is 0 Å². The summed E-state index contributed by atoms with van der Waals surface area (Å²) in [5, 5.41) is 0. The van der Waals surface area contributed by atoms with Crippen molar-refractivity contribution in [1.82, 2.24) is 14.9 Å². The maximum atomic E-state index is 12.8. The van der Waals surface area contributed by atoms with Crippen LogP contribution < -0.4 is 5.73 Å². The van der Waals surface area contributed by atoms with E-state index in [1.807, 2.05) is 6.20 Å². The maximum absolute atomic E-state index is 12.8. The van der Waals surface area contributed by atoms with Crippen LogP contribution in [0.25, 0.3) is 0 Å². The molecule has 1 saturated heterocycles. The average molecular weight is 361 g/mol. The fraction of sp³-hybridized carbons (Fsp3) is 0.750. The van der Waals surface area contributed by atoms with Crippen molar-refractivity contribution >= 4 is 30.7 Å². The Kier molecular flexibility index (Phi) is 5.98. The molecule has 5 nitrogen and oxygen atoms in total. The lowest BCUT2D eigenvalue weighted by Crippen LogP contribution is -2.49. The summed E-state index contributed by atoms with van der Waals surface area (Å²) in [6, 6.07) is 0.110. The fourth-order valence-corrected chi connectivity index (χ4v) is 4.79. The molecule has 0 unspecified atom stereocenters. The molecule has 130 valence electrons. The van der Waals surface area contributed by atoms with Gasteiger partial charge in [-0.3, -0.25) is 4.79 Å². The van der Waals surface area contributed by atoms with Crippen molar-refractivity contribution < 1.29 is 4.79 Å². The Bertz CT molecular complexity index is 514. The van der Waals surface area contributed by atoms with Gasteiger partial charge in [0, 0.05) is 37.4 Å². The molecule has 2 saturated carbocycles. The number of H-pyrrole nitrogens is 1. The van der Waals surface area contributed by atoms with Crippen LogP contribution in [0.1, 0.15) is 43.8 Å². The number of aromatic amines is 1. The molecule has 2 bridgehead atoms. The van der Waals surface area contributed by atoms with E-state index in [0.29, 0.717) is 23.7 Å². The van der Waals surface area contributed by atoms with Gasteiger partial charge in [-0.2, -0.15) is 0 Å². The first-order chi connectivity index (χ1) is 10.2. The van der Waals surface area contributed by atoms with E-state index in [1.54, 1.807) is 6.20 Å². The molecule has 3 fully saturated rings. The highest BCUT2D eigenvalue weighted by molar-refractivity contribution is 5.85. The number of amides is 1. The van der Waals surface area contributed by atoms with Crippen LogP contribution in [-0.4, -0.2) is 39.9 Å². The van der Waals surface area contributed by atoms with Gasteiger partial charge < -0.3 is 15.6 Å². The van der Waals surface area contributed by atoms with Crippen molar-refractivity contribution in [2.75, 3.05) is 13.1 Å². The molecule has 0 aromatic carbocycles. The molecule has 3 aliphatic rings. The third-order valence-corrected chi connectivity index (χ3v) is 5.98. The number of imidazole rings is 1. The molecule has 0 spiro atoms. The SMILES string of the molecule is Cl.Cl.N[C@H]1[C@H]2CC[C@H](C2)[C@H]1C(=O)N1CCC(c2ncc[nH]2)CC1. The molecule has 1 aromatic heterocycles. The molecule has 4 rings (SSSR count). The van der Waals surface area contributed by atoms with Gasteiger partial charge in [0.15, 0.2) is 0 Å². The molecule has 3 N–H and O–H groups in total. The predicted octanol–water partition coefficient (Wildman–Crippen LogP) is 2.33. The summed E-state index contributed by atoms with van der Waals surface area (Å²) in [6.45, 7) is 1.70. The van der Waals surface area contributed by atoms with E-state index in [1.165, 1.54) is 19.3 Å². The van der Waals surface area contributed by atoms with Gasteiger partial charge in [0.1, 0.15) is 5.82 Å². The first kappa shape index (κ1) is 18.6. The molecule has 1 aromatic rings. The van der Waals surface area contributed by atoms with E-state index < -0.39 is 0 Å². The zero-order valence-corrected chi connectivity index (χ0v) is 14.8. The average Bonchev–Trinajstić information content (AvgIpc) is 3.24. The van der Waals surface area contributed by atoms with Crippen LogP contribution in [0.15, 0.2) is 12.4 Å². The number of likely N-dealkylation sites (tertiary alicyclic amines) is 1. The lowest BCUT2D eigenvalue weighted by Gasteiger charge is -2.36. The highest BCUT2D eigenvalue weighted by atomic mass is 35.5. The number of nitrogens with one attached hydrogen (secondary N) is 1. The molecule has 2 aliphatic carbocycles. The summed E-state index contributed by atoms with van der Waals surface area (Å²) in [4.78, 5) is 22.4. The minimum atomic E-state index is 0. The quantitative estimate of drug-likeness (QED) is 0.849. The third-order valence-electron chi connectivity index (χ3n) is 5.98. The standard InChI is InChI=1S/C16H24N4O.2ClH/c17-14-12-2-1-11(9-12)13(14)16(21)20-7-3-10(4-8-20)15-18-5-6-19-15;;/h5-6,10-14H,1-4,7-9,17H2,(H,18,19);2*1H/t11-,12+,13-,14+;;/m1../s1. The Hall–Kier alpha value is -0.780. The zero-order chi connectivity index (χ0) is 14.4. The summed E-state index contributed by atoms with van der Waals surface area (Å²) in [7, 11) is 0. The summed E-state index contributed by atoms with van der Waals surface area (Å²) < 4.78 is 0. The number of carbonyl (C=O) groups excluding carboxylic acids is 1. The van der Waals surface area contributed by atoms with Crippen molar-refractivity contribution in [1.29, 1.82) is 0 Å². The molecule has 7 heteroatoms. The van der Waals surface area contributed by atoms with Gasteiger partial charge in [-0.05, 0) is 43.9 Å². The van der Waals surface area contributed by atoms with Gasteiger partial charge in [-0.1, -0.05) is 0 Å². The molecule has 2 heterocycles. The highest BCUT2D eigenvalue weighted by Crippen LogP contribution is 2.48. The van der Waals surface area contributed by atoms with Crippen molar-refractivity contribution in [2.24, 2.45) is 23.5 Å². The topological polar surface area (TPSA) is 75.0 Å². The van der Waals surface area contributed by atoms with Crippen molar-refractivity contribution in [3.05, 3.63) is 18.2 Å². The van der Waals surface area contributed by atoms with Gasteiger partial charge in [0.2, 0.25) is 5.91 Å². The van der Waals surface area contributed by atoms with Crippen molar-refractivity contribution in [2.45, 2.75) is 44.1 Å². The Morgan fingerprint density at radius 3 is 2.43 bits per heavy atom. The normalized spacial score (nSPS) is 33.2. The van der Waals surface area contributed by atoms with Crippen LogP contribution in [0, 0.1) is 17.8 Å². The number of halogens is 2. The van der Waals surface area contributed by atoms with E-state index in [2.05, 4.69) is 14.9 Å². The van der Waals surface area contributed by atoms with Crippen molar-refractivity contribution in [3.8, 4) is 0 Å². The van der Waals surface area contributed by atoms with Gasteiger partial charge in [0.25, 0.3) is 0 Å². The lowest BCUT2D eigenvalue weighted by molar-refractivity contribution is -0.138. The third kappa shape index (κ3) is 3.24. The van der Waals surface area contributed by atoms with E-state index in [4.69, 9.17) is 5.73 Å². The monoisotopic (exact) mass is 360 g/mol. The van der Waals surface area contributed by atoms with E-state index in [0.717, 1.165) is 31.8 Å². The minimum Gasteiger partial charge on any atom is -0.348 e. The van der Waals surface area contributed by atoms with E-state index in [9.17, 15) is 4.79 Å². The minimum absolute atomic E-state index is 0. The van der Waals surface area contributed by atoms with Crippen LogP contribution in [0.2, 0.25) is 0 Å². The Balaban J connectivity index is 0.000000960. The smallest absolute Gasteiger partial charge is 0.227 e. The second kappa shape index (κ2) is 7.41. The Labute approximate surface area is 149 Å². The van der Waals surface area contributed by atoms with Gasteiger partial charge in [-0.15, -0.1) is 24.8 Å². The van der Waals surface area contributed by atoms with Crippen LogP contribution in [0.4, 0.5) is 0 Å².